The van der Waals surface area contributed by atoms with Crippen LogP contribution in [0.2, 0.25) is 0 Å². The topological polar surface area (TPSA) is 75.7 Å². The Kier molecular flexibility index (Phi) is 6.04. The number of carbonyl (C=O) groups is 1. The molecule has 1 amide bonds. The minimum atomic E-state index is -2.97. The van der Waals surface area contributed by atoms with Gasteiger partial charge in [0.05, 0.1) is 18.1 Å². The molecule has 0 aromatic carbocycles. The van der Waals surface area contributed by atoms with Crippen LogP contribution in [0.1, 0.15) is 12.8 Å². The number of nitrogens with one attached hydrogen (secondary N) is 1. The molecule has 1 aliphatic heterocycles. The summed E-state index contributed by atoms with van der Waals surface area (Å²) >= 11 is 0. The first kappa shape index (κ1) is 15.4. The van der Waals surface area contributed by atoms with E-state index < -0.39 is 9.84 Å². The van der Waals surface area contributed by atoms with Gasteiger partial charge in [0.15, 0.2) is 9.84 Å². The summed E-state index contributed by atoms with van der Waals surface area (Å²) in [6.45, 7) is 1.49. The van der Waals surface area contributed by atoms with Gasteiger partial charge in [0.1, 0.15) is 0 Å². The number of hydrogen-bond donors (Lipinski definition) is 1. The lowest BCUT2D eigenvalue weighted by Gasteiger charge is -2.28. The zero-order valence-corrected chi connectivity index (χ0v) is 11.8. The molecule has 1 heterocycles. The van der Waals surface area contributed by atoms with E-state index >= 15 is 0 Å². The van der Waals surface area contributed by atoms with Gasteiger partial charge in [0, 0.05) is 32.7 Å². The van der Waals surface area contributed by atoms with Crippen LogP contribution in [-0.2, 0) is 19.4 Å². The Morgan fingerprint density at radius 2 is 2.22 bits per heavy atom. The van der Waals surface area contributed by atoms with Crippen LogP contribution in [-0.4, -0.2) is 70.6 Å². The Balaban J connectivity index is 2.63. The van der Waals surface area contributed by atoms with Crippen molar-refractivity contribution in [3.8, 4) is 0 Å². The van der Waals surface area contributed by atoms with Crippen LogP contribution in [0.25, 0.3) is 0 Å². The molecule has 1 unspecified atom stereocenters. The molecule has 1 aliphatic rings. The maximum atomic E-state index is 12.0. The number of hydrogen-bond acceptors (Lipinski definition) is 5. The molecule has 0 saturated carbocycles. The van der Waals surface area contributed by atoms with Gasteiger partial charge in [0.2, 0.25) is 5.91 Å². The number of ether oxygens (including phenoxy) is 1. The Morgan fingerprint density at radius 3 is 2.72 bits per heavy atom. The van der Waals surface area contributed by atoms with Crippen molar-refractivity contribution in [3.63, 3.8) is 0 Å². The highest BCUT2D eigenvalue weighted by molar-refractivity contribution is 7.91. The fraction of sp³-hybridized carbons (Fsp3) is 0.909. The normalized spacial score (nSPS) is 22.0. The quantitative estimate of drug-likeness (QED) is 0.664. The molecular formula is C11H22N2O4S. The minimum absolute atomic E-state index is 0.0106. The van der Waals surface area contributed by atoms with E-state index in [-0.39, 0.29) is 23.5 Å². The molecular weight excluding hydrogens is 256 g/mol. The molecule has 1 rings (SSSR count). The average molecular weight is 278 g/mol. The van der Waals surface area contributed by atoms with Crippen molar-refractivity contribution in [3.05, 3.63) is 0 Å². The van der Waals surface area contributed by atoms with Crippen LogP contribution in [0, 0.1) is 0 Å². The average Bonchev–Trinajstić information content (AvgIpc) is 2.67. The molecule has 1 atom stereocenters. The third-order valence-corrected chi connectivity index (χ3v) is 4.85. The highest BCUT2D eigenvalue weighted by atomic mass is 32.2. The van der Waals surface area contributed by atoms with E-state index in [1.54, 1.807) is 19.1 Å². The number of rotatable bonds is 7. The maximum Gasteiger partial charge on any atom is 0.224 e. The van der Waals surface area contributed by atoms with Gasteiger partial charge >= 0.3 is 0 Å². The van der Waals surface area contributed by atoms with Gasteiger partial charge in [-0.3, -0.25) is 4.79 Å². The number of sulfone groups is 1. The smallest absolute Gasteiger partial charge is 0.224 e. The van der Waals surface area contributed by atoms with Gasteiger partial charge in [0.25, 0.3) is 0 Å². The van der Waals surface area contributed by atoms with Crippen LogP contribution in [0.3, 0.4) is 0 Å². The fourth-order valence-electron chi connectivity index (χ4n) is 2.10. The second-order valence-corrected chi connectivity index (χ2v) is 6.72. The Bertz CT molecular complexity index is 369. The van der Waals surface area contributed by atoms with Gasteiger partial charge in [-0.05, 0) is 13.5 Å². The van der Waals surface area contributed by atoms with Crippen molar-refractivity contribution in [2.45, 2.75) is 18.9 Å². The van der Waals surface area contributed by atoms with Gasteiger partial charge < -0.3 is 15.0 Å². The van der Waals surface area contributed by atoms with Crippen LogP contribution < -0.4 is 5.32 Å². The van der Waals surface area contributed by atoms with E-state index in [1.165, 1.54) is 0 Å². The summed E-state index contributed by atoms with van der Waals surface area (Å²) < 4.78 is 27.9. The van der Waals surface area contributed by atoms with E-state index in [0.29, 0.717) is 32.5 Å². The van der Waals surface area contributed by atoms with E-state index in [0.717, 1.165) is 0 Å². The first-order chi connectivity index (χ1) is 8.50. The highest BCUT2D eigenvalue weighted by Crippen LogP contribution is 2.18. The van der Waals surface area contributed by atoms with E-state index in [2.05, 4.69) is 5.32 Å². The molecule has 106 valence electrons. The van der Waals surface area contributed by atoms with Crippen molar-refractivity contribution in [2.24, 2.45) is 0 Å². The molecule has 7 heteroatoms. The predicted octanol–water partition coefficient (Wildman–Crippen LogP) is -0.742. The lowest BCUT2D eigenvalue weighted by atomic mass is 10.2. The van der Waals surface area contributed by atoms with Crippen molar-refractivity contribution >= 4 is 15.7 Å². The summed E-state index contributed by atoms with van der Waals surface area (Å²) in [6.07, 6.45) is 0.925. The van der Waals surface area contributed by atoms with Crippen molar-refractivity contribution in [1.82, 2.24) is 10.2 Å². The maximum absolute atomic E-state index is 12.0. The monoisotopic (exact) mass is 278 g/mol. The molecule has 6 nitrogen and oxygen atoms in total. The highest BCUT2D eigenvalue weighted by Gasteiger charge is 2.34. The van der Waals surface area contributed by atoms with Gasteiger partial charge in [-0.25, -0.2) is 8.42 Å². The van der Waals surface area contributed by atoms with Gasteiger partial charge in [-0.15, -0.1) is 0 Å². The summed E-state index contributed by atoms with van der Waals surface area (Å²) in [5.74, 6) is 0.256. The standard InChI is InChI=1S/C11H22N2O4S/c1-12-5-3-11(14)13(6-7-17-2)10-4-8-18(15,16)9-10/h10,12H,3-9H2,1-2H3. The molecule has 18 heavy (non-hydrogen) atoms. The van der Waals surface area contributed by atoms with Crippen LogP contribution in [0.15, 0.2) is 0 Å². The Hall–Kier alpha value is -0.660. The van der Waals surface area contributed by atoms with Crippen molar-refractivity contribution in [2.75, 3.05) is 45.4 Å². The zero-order valence-electron chi connectivity index (χ0n) is 11.0. The number of amides is 1. The predicted molar refractivity (Wildman–Crippen MR) is 69.2 cm³/mol. The summed E-state index contributed by atoms with van der Waals surface area (Å²) in [7, 11) is 0.386. The lowest BCUT2D eigenvalue weighted by molar-refractivity contribution is -0.133. The second kappa shape index (κ2) is 7.06. The Morgan fingerprint density at radius 1 is 1.50 bits per heavy atom. The minimum Gasteiger partial charge on any atom is -0.383 e. The van der Waals surface area contributed by atoms with Crippen molar-refractivity contribution in [1.29, 1.82) is 0 Å². The van der Waals surface area contributed by atoms with E-state index in [4.69, 9.17) is 4.74 Å². The molecule has 0 radical (unpaired) electrons. The molecule has 1 fully saturated rings. The van der Waals surface area contributed by atoms with E-state index in [9.17, 15) is 13.2 Å². The first-order valence-electron chi connectivity index (χ1n) is 6.13. The largest absolute Gasteiger partial charge is 0.383 e. The molecule has 0 aromatic heterocycles. The van der Waals surface area contributed by atoms with E-state index in [1.807, 2.05) is 0 Å². The zero-order chi connectivity index (χ0) is 13.6. The van der Waals surface area contributed by atoms with Crippen molar-refractivity contribution < 1.29 is 17.9 Å². The number of methoxy groups -OCH3 is 1. The fourth-order valence-corrected chi connectivity index (χ4v) is 3.83. The summed E-state index contributed by atoms with van der Waals surface area (Å²) in [5.41, 5.74) is 0. The van der Waals surface area contributed by atoms with Gasteiger partial charge in [-0.1, -0.05) is 0 Å². The molecule has 0 aliphatic carbocycles. The third kappa shape index (κ3) is 4.55. The Labute approximate surface area is 109 Å². The van der Waals surface area contributed by atoms with Crippen LogP contribution in [0.5, 0.6) is 0 Å². The molecule has 1 N–H and O–H groups in total. The number of nitrogens with zero attached hydrogens (tertiary/aromatic N) is 1. The lowest BCUT2D eigenvalue weighted by Crippen LogP contribution is -2.43. The summed E-state index contributed by atoms with van der Waals surface area (Å²) in [5, 5.41) is 2.92. The molecule has 1 saturated heterocycles. The van der Waals surface area contributed by atoms with Gasteiger partial charge in [-0.2, -0.15) is 0 Å². The van der Waals surface area contributed by atoms with Crippen LogP contribution in [0.4, 0.5) is 0 Å². The number of carbonyl (C=O) groups excluding carboxylic acids is 1. The summed E-state index contributed by atoms with van der Waals surface area (Å²) in [6, 6.07) is -0.186. The molecule has 0 aromatic rings. The first-order valence-corrected chi connectivity index (χ1v) is 7.95. The van der Waals surface area contributed by atoms with Crippen LogP contribution >= 0.6 is 0 Å². The molecule has 0 bridgehead atoms. The molecule has 0 spiro atoms. The SMILES string of the molecule is CNCCC(=O)N(CCOC)C1CCS(=O)(=O)C1. The second-order valence-electron chi connectivity index (χ2n) is 4.49. The third-order valence-electron chi connectivity index (χ3n) is 3.09. The summed E-state index contributed by atoms with van der Waals surface area (Å²) in [4.78, 5) is 13.7.